The highest BCUT2D eigenvalue weighted by atomic mass is 16.2. The first-order valence-corrected chi connectivity index (χ1v) is 6.14. The highest BCUT2D eigenvalue weighted by Gasteiger charge is 2.37. The van der Waals surface area contributed by atoms with Crippen LogP contribution in [0.2, 0.25) is 0 Å². The minimum atomic E-state index is 0.240. The summed E-state index contributed by atoms with van der Waals surface area (Å²) in [4.78, 5) is 14.1. The van der Waals surface area contributed by atoms with E-state index in [9.17, 15) is 4.79 Å². The number of amides is 1. The number of likely N-dealkylation sites (tertiary alicyclic amines) is 1. The lowest BCUT2D eigenvalue weighted by Crippen LogP contribution is -2.38. The largest absolute Gasteiger partial charge is 0.336 e. The van der Waals surface area contributed by atoms with E-state index in [1.807, 2.05) is 13.8 Å². The number of carbonyl (C=O) groups excluding carboxylic acids is 1. The van der Waals surface area contributed by atoms with Crippen LogP contribution in [0.25, 0.3) is 0 Å². The molecule has 0 aromatic heterocycles. The maximum atomic E-state index is 12.0. The van der Waals surface area contributed by atoms with Crippen LogP contribution >= 0.6 is 0 Å². The standard InChI is InChI=1S/C13H21NO/c1-10(2)9-13(15)14-8-7-11-5-3-4-6-12(11)14/h9,11-12H,3-8H2,1-2H3/t11-,12-/m0/s1. The third-order valence-corrected chi connectivity index (χ3v) is 3.71. The molecular weight excluding hydrogens is 186 g/mol. The van der Waals surface area contributed by atoms with Crippen molar-refractivity contribution in [2.75, 3.05) is 6.54 Å². The van der Waals surface area contributed by atoms with E-state index in [-0.39, 0.29) is 5.91 Å². The van der Waals surface area contributed by atoms with Crippen LogP contribution in [0, 0.1) is 5.92 Å². The van der Waals surface area contributed by atoms with Crippen LogP contribution in [0.3, 0.4) is 0 Å². The van der Waals surface area contributed by atoms with Crippen molar-refractivity contribution in [2.24, 2.45) is 5.92 Å². The van der Waals surface area contributed by atoms with Gasteiger partial charge < -0.3 is 4.90 Å². The van der Waals surface area contributed by atoms with Gasteiger partial charge in [0.2, 0.25) is 5.91 Å². The van der Waals surface area contributed by atoms with Gasteiger partial charge in [0.05, 0.1) is 0 Å². The van der Waals surface area contributed by atoms with E-state index in [1.54, 1.807) is 6.08 Å². The average Bonchev–Trinajstić information content (AvgIpc) is 2.59. The summed E-state index contributed by atoms with van der Waals surface area (Å²) in [5.74, 6) is 1.04. The van der Waals surface area contributed by atoms with Crippen molar-refractivity contribution in [1.82, 2.24) is 4.90 Å². The molecule has 0 aromatic carbocycles. The Labute approximate surface area is 92.3 Å². The Morgan fingerprint density at radius 2 is 1.93 bits per heavy atom. The number of allylic oxidation sites excluding steroid dienone is 1. The van der Waals surface area contributed by atoms with Crippen LogP contribution in [0.15, 0.2) is 11.6 Å². The molecule has 84 valence electrons. The zero-order valence-corrected chi connectivity index (χ0v) is 9.83. The Balaban J connectivity index is 2.04. The number of hydrogen-bond acceptors (Lipinski definition) is 1. The summed E-state index contributed by atoms with van der Waals surface area (Å²) in [6, 6.07) is 0.557. The SMILES string of the molecule is CC(C)=CC(=O)N1CC[C@@H]2CCCC[C@@H]21. The third kappa shape index (κ3) is 2.24. The molecule has 1 amide bonds. The van der Waals surface area contributed by atoms with Gasteiger partial charge in [0.25, 0.3) is 0 Å². The Morgan fingerprint density at radius 3 is 2.67 bits per heavy atom. The molecule has 2 fully saturated rings. The molecule has 0 unspecified atom stereocenters. The number of rotatable bonds is 1. The number of carbonyl (C=O) groups is 1. The predicted octanol–water partition coefficient (Wildman–Crippen LogP) is 2.74. The molecule has 0 radical (unpaired) electrons. The molecule has 2 aliphatic rings. The van der Waals surface area contributed by atoms with E-state index in [4.69, 9.17) is 0 Å². The van der Waals surface area contributed by atoms with Crippen LogP contribution < -0.4 is 0 Å². The molecule has 15 heavy (non-hydrogen) atoms. The Morgan fingerprint density at radius 1 is 1.20 bits per heavy atom. The fraction of sp³-hybridized carbons (Fsp3) is 0.769. The maximum Gasteiger partial charge on any atom is 0.246 e. The van der Waals surface area contributed by atoms with Crippen molar-refractivity contribution >= 4 is 5.91 Å². The van der Waals surface area contributed by atoms with E-state index >= 15 is 0 Å². The first kappa shape index (κ1) is 10.7. The fourth-order valence-electron chi connectivity index (χ4n) is 3.01. The summed E-state index contributed by atoms with van der Waals surface area (Å²) < 4.78 is 0. The number of fused-ring (bicyclic) bond motifs is 1. The molecule has 2 rings (SSSR count). The van der Waals surface area contributed by atoms with Crippen LogP contribution in [0.5, 0.6) is 0 Å². The van der Waals surface area contributed by atoms with Crippen LogP contribution in [0.4, 0.5) is 0 Å². The molecule has 1 aliphatic heterocycles. The van der Waals surface area contributed by atoms with Gasteiger partial charge in [0, 0.05) is 18.7 Å². The second kappa shape index (κ2) is 4.38. The van der Waals surface area contributed by atoms with Gasteiger partial charge in [0.15, 0.2) is 0 Å². The van der Waals surface area contributed by atoms with Gasteiger partial charge in [-0.25, -0.2) is 0 Å². The van der Waals surface area contributed by atoms with E-state index in [0.29, 0.717) is 6.04 Å². The topological polar surface area (TPSA) is 20.3 Å². The first-order chi connectivity index (χ1) is 7.18. The maximum absolute atomic E-state index is 12.0. The van der Waals surface area contributed by atoms with Gasteiger partial charge in [-0.3, -0.25) is 4.79 Å². The van der Waals surface area contributed by atoms with E-state index in [1.165, 1.54) is 32.1 Å². The second-order valence-corrected chi connectivity index (χ2v) is 5.15. The Kier molecular flexibility index (Phi) is 3.13. The lowest BCUT2D eigenvalue weighted by molar-refractivity contribution is -0.127. The molecule has 1 aliphatic carbocycles. The quantitative estimate of drug-likeness (QED) is 0.605. The minimum absolute atomic E-state index is 0.240. The number of hydrogen-bond donors (Lipinski definition) is 0. The third-order valence-electron chi connectivity index (χ3n) is 3.71. The zero-order chi connectivity index (χ0) is 10.8. The van der Waals surface area contributed by atoms with Crippen molar-refractivity contribution in [1.29, 1.82) is 0 Å². The van der Waals surface area contributed by atoms with Gasteiger partial charge in [-0.15, -0.1) is 0 Å². The second-order valence-electron chi connectivity index (χ2n) is 5.15. The van der Waals surface area contributed by atoms with Crippen LogP contribution in [-0.4, -0.2) is 23.4 Å². The molecule has 2 atom stereocenters. The molecule has 2 nitrogen and oxygen atoms in total. The smallest absolute Gasteiger partial charge is 0.246 e. The molecular formula is C13H21NO. The summed E-state index contributed by atoms with van der Waals surface area (Å²) in [5, 5.41) is 0. The molecule has 0 aromatic rings. The lowest BCUT2D eigenvalue weighted by Gasteiger charge is -2.31. The number of nitrogens with zero attached hydrogens (tertiary/aromatic N) is 1. The van der Waals surface area contributed by atoms with Crippen molar-refractivity contribution in [2.45, 2.75) is 52.0 Å². The van der Waals surface area contributed by atoms with Gasteiger partial charge >= 0.3 is 0 Å². The Bertz CT molecular complexity index is 278. The summed E-state index contributed by atoms with van der Waals surface area (Å²) in [7, 11) is 0. The highest BCUT2D eigenvalue weighted by molar-refractivity contribution is 5.88. The first-order valence-electron chi connectivity index (χ1n) is 6.14. The molecule has 0 spiro atoms. The van der Waals surface area contributed by atoms with Gasteiger partial charge in [0.1, 0.15) is 0 Å². The molecule has 1 saturated heterocycles. The lowest BCUT2D eigenvalue weighted by atomic mass is 9.85. The normalized spacial score (nSPS) is 29.9. The van der Waals surface area contributed by atoms with Crippen LogP contribution in [0.1, 0.15) is 46.0 Å². The fourth-order valence-corrected chi connectivity index (χ4v) is 3.01. The summed E-state index contributed by atoms with van der Waals surface area (Å²) >= 11 is 0. The van der Waals surface area contributed by atoms with Gasteiger partial charge in [-0.05, 0) is 39.0 Å². The average molecular weight is 207 g/mol. The summed E-state index contributed by atoms with van der Waals surface area (Å²) in [6.45, 7) is 4.97. The monoisotopic (exact) mass is 207 g/mol. The van der Waals surface area contributed by atoms with E-state index < -0.39 is 0 Å². The Hall–Kier alpha value is -0.790. The molecule has 2 heteroatoms. The zero-order valence-electron chi connectivity index (χ0n) is 9.83. The highest BCUT2D eigenvalue weighted by Crippen LogP contribution is 2.36. The molecule has 1 heterocycles. The minimum Gasteiger partial charge on any atom is -0.336 e. The van der Waals surface area contributed by atoms with Gasteiger partial charge in [-0.2, -0.15) is 0 Å². The predicted molar refractivity (Wildman–Crippen MR) is 61.5 cm³/mol. The summed E-state index contributed by atoms with van der Waals surface area (Å²) in [6.07, 6.45) is 8.26. The molecule has 0 N–H and O–H groups in total. The van der Waals surface area contributed by atoms with Crippen molar-refractivity contribution in [3.8, 4) is 0 Å². The van der Waals surface area contributed by atoms with Crippen LogP contribution in [-0.2, 0) is 4.79 Å². The van der Waals surface area contributed by atoms with E-state index in [2.05, 4.69) is 4.90 Å². The van der Waals surface area contributed by atoms with E-state index in [0.717, 1.165) is 18.0 Å². The van der Waals surface area contributed by atoms with Crippen molar-refractivity contribution in [3.05, 3.63) is 11.6 Å². The van der Waals surface area contributed by atoms with Crippen molar-refractivity contribution in [3.63, 3.8) is 0 Å². The molecule has 0 bridgehead atoms. The van der Waals surface area contributed by atoms with Crippen molar-refractivity contribution < 1.29 is 4.79 Å². The molecule has 1 saturated carbocycles. The summed E-state index contributed by atoms with van der Waals surface area (Å²) in [5.41, 5.74) is 1.11. The van der Waals surface area contributed by atoms with Gasteiger partial charge in [-0.1, -0.05) is 18.4 Å².